The molecular weight excluding hydrogens is 348 g/mol. The molecule has 0 radical (unpaired) electrons. The molecule has 8 heteroatoms. The van der Waals surface area contributed by atoms with Crippen LogP contribution >= 0.6 is 0 Å². The molecule has 0 aliphatic carbocycles. The molecule has 2 rings (SSSR count). The van der Waals surface area contributed by atoms with Crippen LogP contribution < -0.4 is 0 Å². The van der Waals surface area contributed by atoms with Gasteiger partial charge in [0, 0.05) is 25.9 Å². The third-order valence-electron chi connectivity index (χ3n) is 4.53. The van der Waals surface area contributed by atoms with Crippen LogP contribution in [0.25, 0.3) is 0 Å². The van der Waals surface area contributed by atoms with E-state index in [2.05, 4.69) is 18.7 Å². The maximum absolute atomic E-state index is 12.9. The number of hydrogen-bond donors (Lipinski definition) is 0. The van der Waals surface area contributed by atoms with E-state index in [-0.39, 0.29) is 15.7 Å². The number of sulfonamides is 1. The lowest BCUT2D eigenvalue weighted by molar-refractivity contribution is 0.256. The molecule has 0 N–H and O–H groups in total. The van der Waals surface area contributed by atoms with E-state index in [9.17, 15) is 16.8 Å². The van der Waals surface area contributed by atoms with Gasteiger partial charge in [-0.3, -0.25) is 0 Å². The van der Waals surface area contributed by atoms with E-state index < -0.39 is 19.9 Å². The first-order valence-corrected chi connectivity index (χ1v) is 11.5. The van der Waals surface area contributed by atoms with E-state index in [0.29, 0.717) is 13.1 Å². The SMILES string of the molecule is CCN(CC)CC1CCN(S(=O)(=O)c2ccccc2S(C)(=O)=O)C1. The number of rotatable bonds is 7. The molecule has 0 spiro atoms. The summed E-state index contributed by atoms with van der Waals surface area (Å²) in [5.74, 6) is 0.282. The van der Waals surface area contributed by atoms with Gasteiger partial charge in [0.25, 0.3) is 0 Å². The van der Waals surface area contributed by atoms with Gasteiger partial charge < -0.3 is 4.90 Å². The second-order valence-electron chi connectivity index (χ2n) is 6.22. The average Bonchev–Trinajstić information content (AvgIpc) is 3.01. The molecule has 6 nitrogen and oxygen atoms in total. The molecule has 1 aromatic rings. The fraction of sp³-hybridized carbons (Fsp3) is 0.625. The average molecular weight is 375 g/mol. The third kappa shape index (κ3) is 4.17. The predicted molar refractivity (Wildman–Crippen MR) is 94.2 cm³/mol. The smallest absolute Gasteiger partial charge is 0.244 e. The summed E-state index contributed by atoms with van der Waals surface area (Å²) in [5, 5.41) is 0. The fourth-order valence-corrected chi connectivity index (χ4v) is 6.25. The van der Waals surface area contributed by atoms with Gasteiger partial charge in [0.2, 0.25) is 10.0 Å². The van der Waals surface area contributed by atoms with Crippen LogP contribution in [0.1, 0.15) is 20.3 Å². The van der Waals surface area contributed by atoms with Crippen molar-refractivity contribution < 1.29 is 16.8 Å². The van der Waals surface area contributed by atoms with E-state index in [1.54, 1.807) is 12.1 Å². The first-order valence-electron chi connectivity index (χ1n) is 8.21. The third-order valence-corrected chi connectivity index (χ3v) is 7.73. The minimum Gasteiger partial charge on any atom is -0.304 e. The van der Waals surface area contributed by atoms with Crippen molar-refractivity contribution in [3.63, 3.8) is 0 Å². The second kappa shape index (κ2) is 7.51. The number of hydrogen-bond acceptors (Lipinski definition) is 5. The molecule has 1 unspecified atom stereocenters. The van der Waals surface area contributed by atoms with Crippen LogP contribution in [0, 0.1) is 5.92 Å². The molecule has 0 amide bonds. The first kappa shape index (κ1) is 19.4. The summed E-state index contributed by atoms with van der Waals surface area (Å²) in [7, 11) is -7.40. The minimum atomic E-state index is -3.80. The Morgan fingerprint density at radius 3 is 2.21 bits per heavy atom. The van der Waals surface area contributed by atoms with Crippen LogP contribution in [0.15, 0.2) is 34.1 Å². The van der Waals surface area contributed by atoms with Gasteiger partial charge in [-0.1, -0.05) is 26.0 Å². The van der Waals surface area contributed by atoms with Crippen LogP contribution in [0.4, 0.5) is 0 Å². The minimum absolute atomic E-state index is 0.115. The lowest BCUT2D eigenvalue weighted by Gasteiger charge is -2.23. The first-order chi connectivity index (χ1) is 11.2. The number of benzene rings is 1. The number of sulfone groups is 1. The molecule has 1 aromatic carbocycles. The van der Waals surface area contributed by atoms with E-state index in [1.165, 1.54) is 16.4 Å². The summed E-state index contributed by atoms with van der Waals surface area (Å²) < 4.78 is 51.1. The van der Waals surface area contributed by atoms with E-state index in [1.807, 2.05) is 0 Å². The van der Waals surface area contributed by atoms with Crippen molar-refractivity contribution in [2.24, 2.45) is 5.92 Å². The largest absolute Gasteiger partial charge is 0.304 e. The van der Waals surface area contributed by atoms with Gasteiger partial charge in [-0.2, -0.15) is 4.31 Å². The Bertz CT molecular complexity index is 771. The highest BCUT2D eigenvalue weighted by Gasteiger charge is 2.35. The molecule has 0 saturated carbocycles. The summed E-state index contributed by atoms with van der Waals surface area (Å²) in [6.45, 7) is 7.81. The van der Waals surface area contributed by atoms with Crippen molar-refractivity contribution in [2.75, 3.05) is 39.0 Å². The van der Waals surface area contributed by atoms with E-state index in [0.717, 1.165) is 32.3 Å². The van der Waals surface area contributed by atoms with Gasteiger partial charge in [0.15, 0.2) is 9.84 Å². The van der Waals surface area contributed by atoms with Crippen LogP contribution in [0.5, 0.6) is 0 Å². The zero-order valence-corrected chi connectivity index (χ0v) is 16.1. The lowest BCUT2D eigenvalue weighted by Crippen LogP contribution is -2.33. The van der Waals surface area contributed by atoms with Crippen molar-refractivity contribution in [2.45, 2.75) is 30.1 Å². The Balaban J connectivity index is 2.24. The predicted octanol–water partition coefficient (Wildman–Crippen LogP) is 1.44. The Morgan fingerprint density at radius 2 is 1.67 bits per heavy atom. The highest BCUT2D eigenvalue weighted by molar-refractivity contribution is 7.93. The van der Waals surface area contributed by atoms with E-state index in [4.69, 9.17) is 0 Å². The van der Waals surface area contributed by atoms with Crippen molar-refractivity contribution in [1.29, 1.82) is 0 Å². The molecule has 24 heavy (non-hydrogen) atoms. The van der Waals surface area contributed by atoms with Crippen LogP contribution in [-0.2, 0) is 19.9 Å². The van der Waals surface area contributed by atoms with E-state index >= 15 is 0 Å². The Kier molecular flexibility index (Phi) is 6.06. The molecule has 1 atom stereocenters. The van der Waals surface area contributed by atoms with Crippen molar-refractivity contribution in [1.82, 2.24) is 9.21 Å². The molecule has 136 valence electrons. The normalized spacial score (nSPS) is 19.9. The molecule has 1 aliphatic heterocycles. The summed E-state index contributed by atoms with van der Waals surface area (Å²) in [5.41, 5.74) is 0. The Labute approximate surface area is 145 Å². The summed E-state index contributed by atoms with van der Waals surface area (Å²) in [6.07, 6.45) is 1.84. The highest BCUT2D eigenvalue weighted by atomic mass is 32.2. The zero-order chi connectivity index (χ0) is 18.0. The van der Waals surface area contributed by atoms with Gasteiger partial charge in [0.1, 0.15) is 4.90 Å². The van der Waals surface area contributed by atoms with Gasteiger partial charge in [-0.05, 0) is 37.6 Å². The molecule has 0 aromatic heterocycles. The van der Waals surface area contributed by atoms with Crippen LogP contribution in [0.2, 0.25) is 0 Å². The monoisotopic (exact) mass is 374 g/mol. The van der Waals surface area contributed by atoms with Crippen molar-refractivity contribution >= 4 is 19.9 Å². The second-order valence-corrected chi connectivity index (χ2v) is 10.1. The quantitative estimate of drug-likeness (QED) is 0.722. The fourth-order valence-electron chi connectivity index (χ4n) is 3.12. The topological polar surface area (TPSA) is 74.8 Å². The molecule has 1 heterocycles. The van der Waals surface area contributed by atoms with Gasteiger partial charge in [0.05, 0.1) is 4.90 Å². The van der Waals surface area contributed by atoms with Gasteiger partial charge in [-0.25, -0.2) is 16.8 Å². The van der Waals surface area contributed by atoms with Crippen molar-refractivity contribution in [3.8, 4) is 0 Å². The lowest BCUT2D eigenvalue weighted by atomic mass is 10.1. The molecule has 1 aliphatic rings. The highest BCUT2D eigenvalue weighted by Crippen LogP contribution is 2.28. The summed E-state index contributed by atoms with van der Waals surface area (Å²) in [6, 6.07) is 5.84. The maximum Gasteiger partial charge on any atom is 0.244 e. The molecule has 0 bridgehead atoms. The molecule has 1 fully saturated rings. The zero-order valence-electron chi connectivity index (χ0n) is 14.5. The molecule has 1 saturated heterocycles. The van der Waals surface area contributed by atoms with Gasteiger partial charge >= 0.3 is 0 Å². The number of nitrogens with zero attached hydrogens (tertiary/aromatic N) is 2. The Morgan fingerprint density at radius 1 is 1.08 bits per heavy atom. The van der Waals surface area contributed by atoms with Gasteiger partial charge in [-0.15, -0.1) is 0 Å². The summed E-state index contributed by atoms with van der Waals surface area (Å²) in [4.78, 5) is 2.04. The Hall–Kier alpha value is -0.960. The maximum atomic E-state index is 12.9. The summed E-state index contributed by atoms with van der Waals surface area (Å²) >= 11 is 0. The molecular formula is C16H26N2O4S2. The van der Waals surface area contributed by atoms with Crippen molar-refractivity contribution in [3.05, 3.63) is 24.3 Å². The standard InChI is InChI=1S/C16H26N2O4S2/c1-4-17(5-2)12-14-10-11-18(13-14)24(21,22)16-9-7-6-8-15(16)23(3,19)20/h6-9,14H,4-5,10-13H2,1-3H3. The van der Waals surface area contributed by atoms with Crippen LogP contribution in [-0.4, -0.2) is 65.0 Å². The van der Waals surface area contributed by atoms with Crippen LogP contribution in [0.3, 0.4) is 0 Å².